The van der Waals surface area contributed by atoms with Crippen molar-refractivity contribution in [2.24, 2.45) is 0 Å². The first-order valence-electron chi connectivity index (χ1n) is 30.6. The molecule has 2 heterocycles. The molecule has 0 bridgehead atoms. The van der Waals surface area contributed by atoms with Crippen LogP contribution in [0, 0.1) is 0 Å². The molecule has 0 aliphatic carbocycles. The van der Waals surface area contributed by atoms with E-state index in [4.69, 9.17) is 18.9 Å². The maximum atomic E-state index is 13.3. The summed E-state index contributed by atoms with van der Waals surface area (Å²) in [7, 11) is 0. The van der Waals surface area contributed by atoms with Gasteiger partial charge in [0.1, 0.15) is 48.8 Å². The van der Waals surface area contributed by atoms with Crippen molar-refractivity contribution in [3.8, 4) is 0 Å². The first kappa shape index (κ1) is 71.8. The smallest absolute Gasteiger partial charge is 0.220 e. The third-order valence-corrected chi connectivity index (χ3v) is 14.2. The van der Waals surface area contributed by atoms with E-state index in [0.29, 0.717) is 12.8 Å². The average Bonchev–Trinajstić information content (AvgIpc) is 3.47. The van der Waals surface area contributed by atoms with Crippen molar-refractivity contribution in [2.75, 3.05) is 19.8 Å². The van der Waals surface area contributed by atoms with Crippen molar-refractivity contribution in [3.63, 3.8) is 0 Å². The maximum absolute atomic E-state index is 13.3. The Morgan fingerprint density at radius 2 is 0.886 bits per heavy atom. The van der Waals surface area contributed by atoms with E-state index in [0.717, 1.165) is 103 Å². The number of carbonyl (C=O) groups excluding carboxylic acids is 1. The van der Waals surface area contributed by atoms with Crippen LogP contribution in [0.5, 0.6) is 0 Å². The van der Waals surface area contributed by atoms with E-state index in [-0.39, 0.29) is 18.9 Å². The molecule has 2 saturated heterocycles. The molecule has 2 fully saturated rings. The van der Waals surface area contributed by atoms with Crippen molar-refractivity contribution in [1.82, 2.24) is 5.32 Å². The zero-order valence-electron chi connectivity index (χ0n) is 48.6. The predicted molar refractivity (Wildman–Crippen MR) is 318 cm³/mol. The topological polar surface area (TPSA) is 228 Å². The van der Waals surface area contributed by atoms with Gasteiger partial charge >= 0.3 is 0 Å². The summed E-state index contributed by atoms with van der Waals surface area (Å²) in [5.41, 5.74) is 0. The summed E-state index contributed by atoms with van der Waals surface area (Å²) in [5.74, 6) is -0.273. The molecule has 14 nitrogen and oxygen atoms in total. The van der Waals surface area contributed by atoms with Crippen LogP contribution < -0.4 is 5.32 Å². The number of ether oxygens (including phenoxy) is 4. The predicted octanol–water partition coefficient (Wildman–Crippen LogP) is 10.8. The van der Waals surface area contributed by atoms with Crippen molar-refractivity contribution >= 4 is 5.91 Å². The summed E-state index contributed by atoms with van der Waals surface area (Å²) in [5, 5.41) is 87.1. The Labute approximate surface area is 476 Å². The van der Waals surface area contributed by atoms with Crippen molar-refractivity contribution < 1.29 is 64.6 Å². The quantitative estimate of drug-likeness (QED) is 0.0204. The molecule has 0 aromatic heterocycles. The summed E-state index contributed by atoms with van der Waals surface area (Å²) in [6.07, 6.45) is 52.6. The zero-order valence-corrected chi connectivity index (χ0v) is 48.6. The van der Waals surface area contributed by atoms with Gasteiger partial charge in [0.05, 0.1) is 32.0 Å². The van der Waals surface area contributed by atoms with E-state index in [1.165, 1.54) is 64.2 Å². The van der Waals surface area contributed by atoms with Gasteiger partial charge in [-0.3, -0.25) is 4.79 Å². The molecule has 1 amide bonds. The molecule has 0 aromatic carbocycles. The minimum absolute atomic E-state index is 0.246. The SMILES string of the molecule is CC/C=C\C/C=C\C/C=C\C/C=C\C/C=C\C/C=C\CCCCCCCCC(=O)NC(COC1OC(CO)C(OC2OC(CO)C(O)C(O)C2O)C(O)C1O)C(O)/C=C/CC/C=C/CC/C=C/CCCCCCCCCCCC. The second kappa shape index (κ2) is 49.3. The number of hydrogen-bond acceptors (Lipinski definition) is 13. The van der Waals surface area contributed by atoms with Crippen molar-refractivity contribution in [3.05, 3.63) is 109 Å². The van der Waals surface area contributed by atoms with E-state index in [1.54, 1.807) is 6.08 Å². The zero-order chi connectivity index (χ0) is 57.4. The number of nitrogens with one attached hydrogen (secondary N) is 1. The van der Waals surface area contributed by atoms with Crippen LogP contribution in [0.15, 0.2) is 109 Å². The molecular weight excluding hydrogens is 1000 g/mol. The van der Waals surface area contributed by atoms with E-state index < -0.39 is 86.8 Å². The Kier molecular flexibility index (Phi) is 44.8. The lowest BCUT2D eigenvalue weighted by Crippen LogP contribution is -2.65. The van der Waals surface area contributed by atoms with Crippen LogP contribution in [0.2, 0.25) is 0 Å². The first-order chi connectivity index (χ1) is 38.6. The van der Waals surface area contributed by atoms with Crippen LogP contribution in [-0.4, -0.2) is 140 Å². The summed E-state index contributed by atoms with van der Waals surface area (Å²) < 4.78 is 22.8. The number of aliphatic hydroxyl groups excluding tert-OH is 8. The maximum Gasteiger partial charge on any atom is 0.220 e. The lowest BCUT2D eigenvalue weighted by molar-refractivity contribution is -0.359. The number of amides is 1. The fraction of sp³-hybridized carbons (Fsp3) is 0.708. The fourth-order valence-corrected chi connectivity index (χ4v) is 9.27. The normalized spacial score (nSPS) is 25.2. The highest BCUT2D eigenvalue weighted by Crippen LogP contribution is 2.30. The molecule has 2 rings (SSSR count). The highest BCUT2D eigenvalue weighted by Gasteiger charge is 2.51. The highest BCUT2D eigenvalue weighted by atomic mass is 16.7. The van der Waals surface area contributed by atoms with Crippen LogP contribution in [0.1, 0.15) is 200 Å². The van der Waals surface area contributed by atoms with Gasteiger partial charge in [-0.15, -0.1) is 0 Å². The Balaban J connectivity index is 1.79. The van der Waals surface area contributed by atoms with E-state index >= 15 is 0 Å². The summed E-state index contributed by atoms with van der Waals surface area (Å²) in [6.45, 7) is 2.64. The van der Waals surface area contributed by atoms with Gasteiger partial charge in [-0.2, -0.15) is 0 Å². The molecule has 79 heavy (non-hydrogen) atoms. The molecule has 2 aliphatic heterocycles. The molecular formula is C65H109NO13. The lowest BCUT2D eigenvalue weighted by atomic mass is 9.97. The van der Waals surface area contributed by atoms with E-state index in [2.05, 4.69) is 116 Å². The Morgan fingerprint density at radius 3 is 1.39 bits per heavy atom. The lowest BCUT2D eigenvalue weighted by Gasteiger charge is -2.46. The summed E-state index contributed by atoms with van der Waals surface area (Å²) >= 11 is 0. The van der Waals surface area contributed by atoms with Gasteiger partial charge < -0.3 is 65.1 Å². The number of aliphatic hydroxyl groups is 8. The van der Waals surface area contributed by atoms with Crippen molar-refractivity contribution in [2.45, 2.75) is 274 Å². The van der Waals surface area contributed by atoms with Gasteiger partial charge in [-0.05, 0) is 96.3 Å². The van der Waals surface area contributed by atoms with E-state index in [1.807, 2.05) is 6.08 Å². The van der Waals surface area contributed by atoms with Crippen LogP contribution in [-0.2, 0) is 23.7 Å². The van der Waals surface area contributed by atoms with Crippen molar-refractivity contribution in [1.29, 1.82) is 0 Å². The average molecular weight is 1110 g/mol. The number of hydrogen-bond donors (Lipinski definition) is 9. The van der Waals surface area contributed by atoms with Gasteiger partial charge in [0.25, 0.3) is 0 Å². The third kappa shape index (κ3) is 34.6. The summed E-state index contributed by atoms with van der Waals surface area (Å²) in [6, 6.07) is -0.955. The second-order valence-corrected chi connectivity index (χ2v) is 21.1. The fourth-order valence-electron chi connectivity index (χ4n) is 9.27. The minimum Gasteiger partial charge on any atom is -0.394 e. The molecule has 12 atom stereocenters. The standard InChI is InChI=1S/C65H109NO13/c1-3-5-7-9-11-13-15-17-19-21-23-25-26-27-28-29-31-33-35-37-39-41-43-45-47-49-57(70)66-53(54(69)48-46-44-42-40-38-36-34-32-30-24-22-20-18-16-14-12-10-8-6-4-2)52-76-64-62(75)60(73)63(56(51-68)78-64)79-65-61(74)59(72)58(71)55(50-67)77-65/h5,7,11,13,17,19,23,25,27-28,30-33,38,40,46,48,53-56,58-65,67-69,71-75H,3-4,6,8-10,12,14-16,18,20-22,24,26,29,34-37,39,41-45,47,49-52H2,1-2H3,(H,66,70)/b7-5-,13-11-,19-17-,25-23-,28-27-,32-30+,33-31-,40-38+,48-46+. The van der Waals surface area contributed by atoms with Gasteiger partial charge in [-0.1, -0.05) is 207 Å². The molecule has 12 unspecified atom stereocenters. The molecule has 0 spiro atoms. The molecule has 2 aliphatic rings. The second-order valence-electron chi connectivity index (χ2n) is 21.1. The van der Waals surface area contributed by atoms with Crippen LogP contribution in [0.3, 0.4) is 0 Å². The molecule has 14 heteroatoms. The van der Waals surface area contributed by atoms with Gasteiger partial charge in [0.2, 0.25) is 5.91 Å². The number of unbranched alkanes of at least 4 members (excludes halogenated alkanes) is 18. The van der Waals surface area contributed by atoms with Gasteiger partial charge in [-0.25, -0.2) is 0 Å². The Morgan fingerprint density at radius 1 is 0.468 bits per heavy atom. The monoisotopic (exact) mass is 1110 g/mol. The molecule has 452 valence electrons. The van der Waals surface area contributed by atoms with Crippen LogP contribution in [0.25, 0.3) is 0 Å². The highest BCUT2D eigenvalue weighted by molar-refractivity contribution is 5.76. The Hall–Kier alpha value is -3.35. The number of carbonyl (C=O) groups is 1. The molecule has 0 saturated carbocycles. The van der Waals surface area contributed by atoms with Gasteiger partial charge in [0.15, 0.2) is 12.6 Å². The van der Waals surface area contributed by atoms with E-state index in [9.17, 15) is 45.6 Å². The van der Waals surface area contributed by atoms with Gasteiger partial charge in [0, 0.05) is 6.42 Å². The Bertz CT molecular complexity index is 1740. The van der Waals surface area contributed by atoms with Crippen LogP contribution >= 0.6 is 0 Å². The molecule has 0 aromatic rings. The number of rotatable bonds is 47. The molecule has 0 radical (unpaired) electrons. The minimum atomic E-state index is -1.80. The third-order valence-electron chi connectivity index (χ3n) is 14.2. The summed E-state index contributed by atoms with van der Waals surface area (Å²) in [4.78, 5) is 13.3. The van der Waals surface area contributed by atoms with Crippen LogP contribution in [0.4, 0.5) is 0 Å². The number of allylic oxidation sites excluding steroid dienone is 17. The first-order valence-corrected chi connectivity index (χ1v) is 30.6. The largest absolute Gasteiger partial charge is 0.394 e. The molecule has 9 N–H and O–H groups in total.